The van der Waals surface area contributed by atoms with E-state index in [9.17, 15) is 0 Å². The van der Waals surface area contributed by atoms with Crippen molar-refractivity contribution in [2.75, 3.05) is 0 Å². The van der Waals surface area contributed by atoms with Crippen LogP contribution in [0.2, 0.25) is 0 Å². The smallest absolute Gasteiger partial charge is 0.105 e. The van der Waals surface area contributed by atoms with E-state index in [0.717, 1.165) is 12.8 Å². The van der Waals surface area contributed by atoms with Gasteiger partial charge in [-0.3, -0.25) is 0 Å². The molecule has 39 heavy (non-hydrogen) atoms. The summed E-state index contributed by atoms with van der Waals surface area (Å²) in [6.45, 7) is 6.81. The highest BCUT2D eigenvalue weighted by atomic mass is 16.5. The summed E-state index contributed by atoms with van der Waals surface area (Å²) in [5.74, 6) is 0. The van der Waals surface area contributed by atoms with Crippen LogP contribution in [-0.4, -0.2) is 12.3 Å². The second kappa shape index (κ2) is 34.1. The van der Waals surface area contributed by atoms with Crippen LogP contribution in [0.5, 0.6) is 0 Å². The van der Waals surface area contributed by atoms with Crippen LogP contribution >= 0.6 is 0 Å². The number of hydrogen-bond acceptors (Lipinski definition) is 2. The Hall–Kier alpha value is -0.0800. The molecule has 2 nitrogen and oxygen atoms in total. The van der Waals surface area contributed by atoms with E-state index in [-0.39, 0.29) is 6.23 Å². The zero-order valence-corrected chi connectivity index (χ0v) is 27.8. The van der Waals surface area contributed by atoms with Crippen LogP contribution in [0.25, 0.3) is 0 Å². The molecule has 0 aromatic heterocycles. The van der Waals surface area contributed by atoms with E-state index in [1.165, 1.54) is 193 Å². The molecule has 0 saturated heterocycles. The molecule has 2 N–H and O–H groups in total. The molecule has 0 radical (unpaired) electrons. The molecule has 0 aliphatic heterocycles. The van der Waals surface area contributed by atoms with Gasteiger partial charge in [-0.15, -0.1) is 0 Å². The topological polar surface area (TPSA) is 35.2 Å². The third kappa shape index (κ3) is 32.3. The third-order valence-corrected chi connectivity index (χ3v) is 8.70. The highest BCUT2D eigenvalue weighted by molar-refractivity contribution is 4.63. The van der Waals surface area contributed by atoms with E-state index in [4.69, 9.17) is 10.5 Å². The van der Waals surface area contributed by atoms with Gasteiger partial charge in [0.15, 0.2) is 0 Å². The maximum absolute atomic E-state index is 6.30. The van der Waals surface area contributed by atoms with Crippen molar-refractivity contribution >= 4 is 0 Å². The summed E-state index contributed by atoms with van der Waals surface area (Å²) in [6.07, 6.45) is 44.8. The fourth-order valence-electron chi connectivity index (χ4n) is 6.01. The SMILES string of the molecule is CCCCCCCCCCCCCCCCC(CCCCCCCCCCCCCCCC)OC(N)CCC. The van der Waals surface area contributed by atoms with Crippen LogP contribution < -0.4 is 5.73 Å². The third-order valence-electron chi connectivity index (χ3n) is 8.70. The summed E-state index contributed by atoms with van der Waals surface area (Å²) in [4.78, 5) is 0. The number of nitrogens with two attached hydrogens (primary N) is 1. The lowest BCUT2D eigenvalue weighted by Crippen LogP contribution is -2.29. The minimum Gasteiger partial charge on any atom is -0.360 e. The van der Waals surface area contributed by atoms with Gasteiger partial charge in [0.1, 0.15) is 6.23 Å². The first kappa shape index (κ1) is 38.9. The average molecular weight is 552 g/mol. The number of hydrogen-bond donors (Lipinski definition) is 1. The second-order valence-electron chi connectivity index (χ2n) is 12.9. The maximum atomic E-state index is 6.30. The Bertz CT molecular complexity index is 394. The molecule has 236 valence electrons. The van der Waals surface area contributed by atoms with E-state index in [1.54, 1.807) is 0 Å². The van der Waals surface area contributed by atoms with Crippen molar-refractivity contribution in [2.24, 2.45) is 5.73 Å². The van der Waals surface area contributed by atoms with Gasteiger partial charge in [0.05, 0.1) is 6.10 Å². The molecule has 1 unspecified atom stereocenters. The minimum absolute atomic E-state index is 0.0571. The summed E-state index contributed by atoms with van der Waals surface area (Å²) < 4.78 is 6.30. The molecule has 0 aliphatic rings. The van der Waals surface area contributed by atoms with Crippen LogP contribution in [0.1, 0.15) is 226 Å². The molecule has 0 aromatic carbocycles. The molecule has 0 rings (SSSR count). The Morgan fingerprint density at radius 3 is 0.846 bits per heavy atom. The van der Waals surface area contributed by atoms with E-state index in [2.05, 4.69) is 20.8 Å². The van der Waals surface area contributed by atoms with Gasteiger partial charge in [-0.2, -0.15) is 0 Å². The van der Waals surface area contributed by atoms with Gasteiger partial charge in [-0.05, 0) is 19.3 Å². The highest BCUT2D eigenvalue weighted by Crippen LogP contribution is 2.19. The lowest BCUT2D eigenvalue weighted by molar-refractivity contribution is -0.0235. The van der Waals surface area contributed by atoms with E-state index < -0.39 is 0 Å². The van der Waals surface area contributed by atoms with Crippen molar-refractivity contribution in [3.05, 3.63) is 0 Å². The van der Waals surface area contributed by atoms with Gasteiger partial charge < -0.3 is 10.5 Å². The second-order valence-corrected chi connectivity index (χ2v) is 12.9. The van der Waals surface area contributed by atoms with Crippen molar-refractivity contribution < 1.29 is 4.74 Å². The first-order valence-electron chi connectivity index (χ1n) is 18.7. The van der Waals surface area contributed by atoms with Crippen molar-refractivity contribution in [1.29, 1.82) is 0 Å². The van der Waals surface area contributed by atoms with Gasteiger partial charge in [0.2, 0.25) is 0 Å². The first-order chi connectivity index (χ1) is 19.2. The van der Waals surface area contributed by atoms with Crippen LogP contribution in [-0.2, 0) is 4.74 Å². The Kier molecular flexibility index (Phi) is 34.1. The van der Waals surface area contributed by atoms with Crippen LogP contribution in [0.3, 0.4) is 0 Å². The van der Waals surface area contributed by atoms with Gasteiger partial charge in [0.25, 0.3) is 0 Å². The molecule has 0 saturated carbocycles. The lowest BCUT2D eigenvalue weighted by atomic mass is 10.0. The van der Waals surface area contributed by atoms with E-state index >= 15 is 0 Å². The Balaban J connectivity index is 3.67. The molecule has 0 aromatic rings. The van der Waals surface area contributed by atoms with Crippen molar-refractivity contribution in [1.82, 2.24) is 0 Å². The highest BCUT2D eigenvalue weighted by Gasteiger charge is 2.13. The lowest BCUT2D eigenvalue weighted by Gasteiger charge is -2.22. The van der Waals surface area contributed by atoms with Crippen molar-refractivity contribution in [2.45, 2.75) is 239 Å². The average Bonchev–Trinajstić information content (AvgIpc) is 2.93. The number of ether oxygens (including phenoxy) is 1. The van der Waals surface area contributed by atoms with Gasteiger partial charge in [0, 0.05) is 0 Å². The molecule has 2 heteroatoms. The van der Waals surface area contributed by atoms with E-state index in [0.29, 0.717) is 6.10 Å². The molecule has 1 atom stereocenters. The van der Waals surface area contributed by atoms with Gasteiger partial charge >= 0.3 is 0 Å². The minimum atomic E-state index is -0.0571. The fraction of sp³-hybridized carbons (Fsp3) is 1.00. The zero-order valence-electron chi connectivity index (χ0n) is 27.8. The van der Waals surface area contributed by atoms with Crippen molar-refractivity contribution in [3.8, 4) is 0 Å². The number of rotatable bonds is 34. The van der Waals surface area contributed by atoms with E-state index in [1.807, 2.05) is 0 Å². The van der Waals surface area contributed by atoms with Crippen molar-refractivity contribution in [3.63, 3.8) is 0 Å². The summed E-state index contributed by atoms with van der Waals surface area (Å²) in [7, 11) is 0. The monoisotopic (exact) mass is 552 g/mol. The largest absolute Gasteiger partial charge is 0.360 e. The summed E-state index contributed by atoms with van der Waals surface area (Å²) in [6, 6.07) is 0. The van der Waals surface area contributed by atoms with Crippen LogP contribution in [0.4, 0.5) is 0 Å². The zero-order chi connectivity index (χ0) is 28.5. The normalized spacial score (nSPS) is 12.5. The summed E-state index contributed by atoms with van der Waals surface area (Å²) in [5.41, 5.74) is 6.26. The van der Waals surface area contributed by atoms with Crippen LogP contribution in [0.15, 0.2) is 0 Å². The van der Waals surface area contributed by atoms with Gasteiger partial charge in [-0.1, -0.05) is 207 Å². The molecule has 0 aliphatic carbocycles. The molecule has 0 spiro atoms. The summed E-state index contributed by atoms with van der Waals surface area (Å²) >= 11 is 0. The summed E-state index contributed by atoms with van der Waals surface area (Å²) in [5, 5.41) is 0. The van der Waals surface area contributed by atoms with Crippen LogP contribution in [0, 0.1) is 0 Å². The molecule has 0 bridgehead atoms. The number of unbranched alkanes of at least 4 members (excludes halogenated alkanes) is 26. The molecule has 0 heterocycles. The van der Waals surface area contributed by atoms with Gasteiger partial charge in [-0.25, -0.2) is 0 Å². The fourth-order valence-corrected chi connectivity index (χ4v) is 6.01. The standard InChI is InChI=1S/C37H77NO/c1-4-7-9-11-13-15-17-19-21-23-25-27-29-31-34-36(39-37(38)33-6-3)35-32-30-28-26-24-22-20-18-16-14-12-10-8-5-2/h36-37H,4-35,38H2,1-3H3. The quantitative estimate of drug-likeness (QED) is 0.0637. The predicted octanol–water partition coefficient (Wildman–Crippen LogP) is 13.2. The molecule has 0 amide bonds. The Morgan fingerprint density at radius 2 is 0.590 bits per heavy atom. The molecular weight excluding hydrogens is 474 g/mol. The molecule has 0 fully saturated rings. The Labute approximate surface area is 248 Å². The Morgan fingerprint density at radius 1 is 0.333 bits per heavy atom. The predicted molar refractivity (Wildman–Crippen MR) is 178 cm³/mol. The first-order valence-corrected chi connectivity index (χ1v) is 18.7. The molecular formula is C37H77NO. The maximum Gasteiger partial charge on any atom is 0.105 e.